The van der Waals surface area contributed by atoms with Gasteiger partial charge < -0.3 is 19.9 Å². The van der Waals surface area contributed by atoms with Crippen LogP contribution in [0.4, 0.5) is 0 Å². The normalized spacial score (nSPS) is 10.7. The predicted octanol–water partition coefficient (Wildman–Crippen LogP) is -0.0206. The SMILES string of the molecule is Cc1cc(C(=O)NC(CO)CO)c(C)o1. The first kappa shape index (κ1) is 11.7. The fourth-order valence-electron chi connectivity index (χ4n) is 1.27. The highest BCUT2D eigenvalue weighted by molar-refractivity contribution is 5.95. The lowest BCUT2D eigenvalue weighted by atomic mass is 10.2. The molecule has 0 unspecified atom stereocenters. The van der Waals surface area contributed by atoms with Crippen LogP contribution in [0.25, 0.3) is 0 Å². The second kappa shape index (κ2) is 4.95. The molecule has 1 amide bonds. The molecule has 0 aliphatic heterocycles. The average Bonchev–Trinajstić information content (AvgIpc) is 2.54. The fourth-order valence-corrected chi connectivity index (χ4v) is 1.27. The van der Waals surface area contributed by atoms with Crippen LogP contribution >= 0.6 is 0 Å². The van der Waals surface area contributed by atoms with Gasteiger partial charge in [0.15, 0.2) is 0 Å². The highest BCUT2D eigenvalue weighted by atomic mass is 16.3. The number of hydrogen-bond acceptors (Lipinski definition) is 4. The molecule has 0 saturated heterocycles. The topological polar surface area (TPSA) is 82.7 Å². The number of aliphatic hydroxyl groups is 2. The summed E-state index contributed by atoms with van der Waals surface area (Å²) < 4.78 is 5.20. The Morgan fingerprint density at radius 3 is 2.47 bits per heavy atom. The molecule has 0 atom stereocenters. The van der Waals surface area contributed by atoms with Gasteiger partial charge in [-0.05, 0) is 19.9 Å². The summed E-state index contributed by atoms with van der Waals surface area (Å²) in [4.78, 5) is 11.6. The minimum absolute atomic E-state index is 0.294. The van der Waals surface area contributed by atoms with Gasteiger partial charge in [0.2, 0.25) is 0 Å². The highest BCUT2D eigenvalue weighted by Crippen LogP contribution is 2.13. The Hall–Kier alpha value is -1.33. The molecule has 3 N–H and O–H groups in total. The average molecular weight is 213 g/mol. The van der Waals surface area contributed by atoms with E-state index in [0.717, 1.165) is 0 Å². The van der Waals surface area contributed by atoms with Crippen LogP contribution in [-0.2, 0) is 0 Å². The van der Waals surface area contributed by atoms with E-state index in [-0.39, 0.29) is 19.1 Å². The Balaban J connectivity index is 2.72. The first-order valence-corrected chi connectivity index (χ1v) is 4.68. The molecule has 0 bridgehead atoms. The Morgan fingerprint density at radius 1 is 1.47 bits per heavy atom. The molecule has 0 saturated carbocycles. The number of aryl methyl sites for hydroxylation is 2. The number of nitrogens with one attached hydrogen (secondary N) is 1. The summed E-state index contributed by atoms with van der Waals surface area (Å²) in [7, 11) is 0. The standard InChI is InChI=1S/C10H15NO4/c1-6-3-9(7(2)15-6)10(14)11-8(4-12)5-13/h3,8,12-13H,4-5H2,1-2H3,(H,11,14). The summed E-state index contributed by atoms with van der Waals surface area (Å²) in [5, 5.41) is 20.1. The molecule has 1 aromatic heterocycles. The van der Waals surface area contributed by atoms with E-state index in [9.17, 15) is 4.79 Å². The van der Waals surface area contributed by atoms with E-state index in [1.54, 1.807) is 19.9 Å². The van der Waals surface area contributed by atoms with Crippen molar-refractivity contribution in [2.75, 3.05) is 13.2 Å². The van der Waals surface area contributed by atoms with E-state index in [1.807, 2.05) is 0 Å². The molecule has 84 valence electrons. The molecule has 0 radical (unpaired) electrons. The van der Waals surface area contributed by atoms with E-state index in [1.165, 1.54) is 0 Å². The van der Waals surface area contributed by atoms with Crippen molar-refractivity contribution < 1.29 is 19.4 Å². The Labute approximate surface area is 87.7 Å². The van der Waals surface area contributed by atoms with E-state index < -0.39 is 6.04 Å². The van der Waals surface area contributed by atoms with Crippen LogP contribution in [0.15, 0.2) is 10.5 Å². The third-order valence-electron chi connectivity index (χ3n) is 2.06. The molecule has 0 aromatic carbocycles. The number of aliphatic hydroxyl groups excluding tert-OH is 2. The summed E-state index contributed by atoms with van der Waals surface area (Å²) >= 11 is 0. The van der Waals surface area contributed by atoms with Crippen molar-refractivity contribution in [1.29, 1.82) is 0 Å². The summed E-state index contributed by atoms with van der Waals surface area (Å²) in [5.74, 6) is 0.833. The van der Waals surface area contributed by atoms with Crippen LogP contribution in [0.3, 0.4) is 0 Å². The maximum absolute atomic E-state index is 11.6. The molecular formula is C10H15NO4. The summed E-state index contributed by atoms with van der Waals surface area (Å²) in [6.07, 6.45) is 0. The first-order valence-electron chi connectivity index (χ1n) is 4.68. The van der Waals surface area contributed by atoms with Crippen molar-refractivity contribution in [3.05, 3.63) is 23.2 Å². The summed E-state index contributed by atoms with van der Waals surface area (Å²) in [6.45, 7) is 2.85. The van der Waals surface area contributed by atoms with Crippen LogP contribution in [-0.4, -0.2) is 35.4 Å². The second-order valence-electron chi connectivity index (χ2n) is 3.36. The van der Waals surface area contributed by atoms with Gasteiger partial charge in [-0.25, -0.2) is 0 Å². The smallest absolute Gasteiger partial charge is 0.255 e. The molecule has 1 heterocycles. The van der Waals surface area contributed by atoms with Gasteiger partial charge in [-0.3, -0.25) is 4.79 Å². The molecule has 0 aliphatic carbocycles. The summed E-state index contributed by atoms with van der Waals surface area (Å²) in [6, 6.07) is 0.989. The molecule has 5 heteroatoms. The monoisotopic (exact) mass is 213 g/mol. The zero-order valence-electron chi connectivity index (χ0n) is 8.78. The molecular weight excluding hydrogens is 198 g/mol. The van der Waals surface area contributed by atoms with Crippen LogP contribution in [0.5, 0.6) is 0 Å². The van der Waals surface area contributed by atoms with Gasteiger partial charge >= 0.3 is 0 Å². The van der Waals surface area contributed by atoms with Crippen molar-refractivity contribution in [2.24, 2.45) is 0 Å². The Morgan fingerprint density at radius 2 is 2.07 bits per heavy atom. The molecule has 0 aliphatic rings. The number of carbonyl (C=O) groups excluding carboxylic acids is 1. The third kappa shape index (κ3) is 2.81. The summed E-state index contributed by atoms with van der Waals surface area (Å²) in [5.41, 5.74) is 0.430. The highest BCUT2D eigenvalue weighted by Gasteiger charge is 2.16. The number of rotatable bonds is 4. The largest absolute Gasteiger partial charge is 0.466 e. The third-order valence-corrected chi connectivity index (χ3v) is 2.06. The van der Waals surface area contributed by atoms with Crippen molar-refractivity contribution in [2.45, 2.75) is 19.9 Å². The van der Waals surface area contributed by atoms with Gasteiger partial charge in [0.25, 0.3) is 5.91 Å². The molecule has 1 aromatic rings. The lowest BCUT2D eigenvalue weighted by Gasteiger charge is -2.12. The predicted molar refractivity (Wildman–Crippen MR) is 53.6 cm³/mol. The van der Waals surface area contributed by atoms with E-state index in [2.05, 4.69) is 5.32 Å². The Bertz CT molecular complexity index is 341. The van der Waals surface area contributed by atoms with Gasteiger partial charge in [0.05, 0.1) is 24.8 Å². The number of hydrogen-bond donors (Lipinski definition) is 3. The number of amides is 1. The fraction of sp³-hybridized carbons (Fsp3) is 0.500. The molecule has 5 nitrogen and oxygen atoms in total. The van der Waals surface area contributed by atoms with Crippen molar-refractivity contribution >= 4 is 5.91 Å². The van der Waals surface area contributed by atoms with Gasteiger partial charge in [0.1, 0.15) is 11.5 Å². The van der Waals surface area contributed by atoms with Crippen LogP contribution in [0, 0.1) is 13.8 Å². The molecule has 15 heavy (non-hydrogen) atoms. The van der Waals surface area contributed by atoms with Crippen molar-refractivity contribution in [1.82, 2.24) is 5.32 Å². The Kier molecular flexibility index (Phi) is 3.88. The van der Waals surface area contributed by atoms with Crippen molar-refractivity contribution in [3.63, 3.8) is 0 Å². The quantitative estimate of drug-likeness (QED) is 0.656. The molecule has 0 spiro atoms. The minimum Gasteiger partial charge on any atom is -0.466 e. The lowest BCUT2D eigenvalue weighted by molar-refractivity contribution is 0.0878. The van der Waals surface area contributed by atoms with Gasteiger partial charge in [0, 0.05) is 0 Å². The van der Waals surface area contributed by atoms with Gasteiger partial charge in [-0.15, -0.1) is 0 Å². The van der Waals surface area contributed by atoms with Crippen LogP contribution < -0.4 is 5.32 Å². The van der Waals surface area contributed by atoms with Gasteiger partial charge in [-0.1, -0.05) is 0 Å². The maximum atomic E-state index is 11.6. The maximum Gasteiger partial charge on any atom is 0.255 e. The van der Waals surface area contributed by atoms with Gasteiger partial charge in [-0.2, -0.15) is 0 Å². The number of furan rings is 1. The molecule has 0 fully saturated rings. The number of carbonyl (C=O) groups is 1. The van der Waals surface area contributed by atoms with Crippen molar-refractivity contribution in [3.8, 4) is 0 Å². The second-order valence-corrected chi connectivity index (χ2v) is 3.36. The zero-order valence-corrected chi connectivity index (χ0v) is 8.78. The van der Waals surface area contributed by atoms with E-state index in [0.29, 0.717) is 17.1 Å². The van der Waals surface area contributed by atoms with E-state index >= 15 is 0 Å². The van der Waals surface area contributed by atoms with Crippen LogP contribution in [0.1, 0.15) is 21.9 Å². The van der Waals surface area contributed by atoms with Crippen LogP contribution in [0.2, 0.25) is 0 Å². The lowest BCUT2D eigenvalue weighted by Crippen LogP contribution is -2.40. The first-order chi connectivity index (χ1) is 7.08. The van der Waals surface area contributed by atoms with E-state index in [4.69, 9.17) is 14.6 Å². The molecule has 1 rings (SSSR count). The zero-order chi connectivity index (χ0) is 11.4. The minimum atomic E-state index is -0.632.